The van der Waals surface area contributed by atoms with Crippen molar-refractivity contribution >= 4 is 0 Å². The van der Waals surface area contributed by atoms with Crippen LogP contribution in [0.5, 0.6) is 5.75 Å². The van der Waals surface area contributed by atoms with Gasteiger partial charge in [0.2, 0.25) is 0 Å². The Morgan fingerprint density at radius 1 is 0.909 bits per heavy atom. The maximum Gasteiger partial charge on any atom is 0.119 e. The van der Waals surface area contributed by atoms with Crippen LogP contribution in [0.1, 0.15) is 43.5 Å². The molecule has 1 N–H and O–H groups in total. The quantitative estimate of drug-likeness (QED) is 0.786. The molecule has 2 aromatic carbocycles. The van der Waals surface area contributed by atoms with Gasteiger partial charge in [0, 0.05) is 12.6 Å². The lowest BCUT2D eigenvalue weighted by molar-refractivity contribution is 0.271. The van der Waals surface area contributed by atoms with Crippen LogP contribution in [0.3, 0.4) is 0 Å². The van der Waals surface area contributed by atoms with Crippen LogP contribution in [-0.2, 0) is 6.54 Å². The van der Waals surface area contributed by atoms with Crippen molar-refractivity contribution in [3.05, 3.63) is 65.2 Å². The van der Waals surface area contributed by atoms with Gasteiger partial charge in [0.25, 0.3) is 0 Å². The summed E-state index contributed by atoms with van der Waals surface area (Å²) in [6, 6.07) is 17.4. The third kappa shape index (κ3) is 5.19. The summed E-state index contributed by atoms with van der Waals surface area (Å²) in [6.45, 7) is 10.3. The Bertz CT molecular complexity index is 557. The number of rotatable bonds is 7. The van der Waals surface area contributed by atoms with Gasteiger partial charge in [-0.25, -0.2) is 0 Å². The minimum absolute atomic E-state index is 0.320. The lowest BCUT2D eigenvalue weighted by Gasteiger charge is -2.15. The zero-order chi connectivity index (χ0) is 15.9. The number of aryl methyl sites for hydroxylation is 1. The Morgan fingerprint density at radius 2 is 1.55 bits per heavy atom. The molecule has 0 spiro atoms. The third-order valence-electron chi connectivity index (χ3n) is 3.70. The molecule has 0 fully saturated rings. The molecule has 0 aromatic heterocycles. The van der Waals surface area contributed by atoms with E-state index in [1.54, 1.807) is 0 Å². The van der Waals surface area contributed by atoms with Crippen molar-refractivity contribution in [2.75, 3.05) is 6.61 Å². The molecule has 2 nitrogen and oxygen atoms in total. The summed E-state index contributed by atoms with van der Waals surface area (Å²) in [5.41, 5.74) is 3.90. The van der Waals surface area contributed by atoms with Crippen molar-refractivity contribution in [3.8, 4) is 5.75 Å². The number of ether oxygens (including phenoxy) is 1. The molecule has 1 unspecified atom stereocenters. The van der Waals surface area contributed by atoms with E-state index in [2.05, 4.69) is 81.5 Å². The molecule has 0 bridgehead atoms. The lowest BCUT2D eigenvalue weighted by atomic mass is 10.1. The summed E-state index contributed by atoms with van der Waals surface area (Å²) in [7, 11) is 0. The van der Waals surface area contributed by atoms with E-state index in [4.69, 9.17) is 4.74 Å². The van der Waals surface area contributed by atoms with Gasteiger partial charge in [-0.3, -0.25) is 0 Å². The summed E-state index contributed by atoms with van der Waals surface area (Å²) in [5, 5.41) is 3.56. The SMILES string of the molecule is Cc1ccc(CNC(C)c2ccc(OCC(C)C)cc2)cc1. The third-order valence-corrected chi connectivity index (χ3v) is 3.70. The Balaban J connectivity index is 1.86. The Kier molecular flexibility index (Phi) is 6.02. The minimum Gasteiger partial charge on any atom is -0.493 e. The van der Waals surface area contributed by atoms with Crippen molar-refractivity contribution in [2.24, 2.45) is 5.92 Å². The summed E-state index contributed by atoms with van der Waals surface area (Å²) in [5.74, 6) is 1.50. The van der Waals surface area contributed by atoms with Crippen LogP contribution in [0.2, 0.25) is 0 Å². The highest BCUT2D eigenvalue weighted by Gasteiger charge is 2.05. The minimum atomic E-state index is 0.320. The molecule has 0 aliphatic carbocycles. The van der Waals surface area contributed by atoms with Crippen molar-refractivity contribution < 1.29 is 4.74 Å². The lowest BCUT2D eigenvalue weighted by Crippen LogP contribution is -2.18. The molecule has 2 aromatic rings. The maximum atomic E-state index is 5.72. The average molecular weight is 297 g/mol. The monoisotopic (exact) mass is 297 g/mol. The van der Waals surface area contributed by atoms with E-state index in [0.29, 0.717) is 12.0 Å². The Hall–Kier alpha value is -1.80. The van der Waals surface area contributed by atoms with Gasteiger partial charge in [-0.15, -0.1) is 0 Å². The zero-order valence-corrected chi connectivity index (χ0v) is 14.1. The number of hydrogen-bond acceptors (Lipinski definition) is 2. The van der Waals surface area contributed by atoms with Crippen molar-refractivity contribution in [1.29, 1.82) is 0 Å². The summed E-state index contributed by atoms with van der Waals surface area (Å²) in [6.07, 6.45) is 0. The molecule has 2 heteroatoms. The normalized spacial score (nSPS) is 12.4. The number of nitrogens with one attached hydrogen (secondary N) is 1. The van der Waals surface area contributed by atoms with Gasteiger partial charge < -0.3 is 10.1 Å². The number of benzene rings is 2. The van der Waals surface area contributed by atoms with Gasteiger partial charge >= 0.3 is 0 Å². The van der Waals surface area contributed by atoms with Gasteiger partial charge in [0.1, 0.15) is 5.75 Å². The van der Waals surface area contributed by atoms with Crippen LogP contribution in [0.15, 0.2) is 48.5 Å². The maximum absolute atomic E-state index is 5.72. The first-order valence-corrected chi connectivity index (χ1v) is 8.06. The zero-order valence-electron chi connectivity index (χ0n) is 14.1. The summed E-state index contributed by atoms with van der Waals surface area (Å²) in [4.78, 5) is 0. The molecule has 0 saturated carbocycles. The molecule has 0 radical (unpaired) electrons. The highest BCUT2D eigenvalue weighted by molar-refractivity contribution is 5.29. The van der Waals surface area contributed by atoms with Gasteiger partial charge in [-0.1, -0.05) is 55.8 Å². The predicted octanol–water partition coefficient (Wildman–Crippen LogP) is 4.88. The summed E-state index contributed by atoms with van der Waals surface area (Å²) < 4.78 is 5.72. The second-order valence-corrected chi connectivity index (χ2v) is 6.36. The van der Waals surface area contributed by atoms with Gasteiger partial charge in [0.15, 0.2) is 0 Å². The highest BCUT2D eigenvalue weighted by Crippen LogP contribution is 2.18. The molecule has 22 heavy (non-hydrogen) atoms. The van der Waals surface area contributed by atoms with Crippen LogP contribution >= 0.6 is 0 Å². The van der Waals surface area contributed by atoms with E-state index < -0.39 is 0 Å². The second kappa shape index (κ2) is 8.00. The number of hydrogen-bond donors (Lipinski definition) is 1. The average Bonchev–Trinajstić information content (AvgIpc) is 2.52. The van der Waals surface area contributed by atoms with Crippen LogP contribution < -0.4 is 10.1 Å². The van der Waals surface area contributed by atoms with Gasteiger partial charge in [-0.05, 0) is 43.0 Å². The summed E-state index contributed by atoms with van der Waals surface area (Å²) >= 11 is 0. The molecule has 0 heterocycles. The van der Waals surface area contributed by atoms with E-state index in [9.17, 15) is 0 Å². The Morgan fingerprint density at radius 3 is 2.14 bits per heavy atom. The van der Waals surface area contributed by atoms with Crippen LogP contribution in [-0.4, -0.2) is 6.61 Å². The van der Waals surface area contributed by atoms with E-state index in [1.165, 1.54) is 16.7 Å². The molecule has 2 rings (SSSR count). The molecule has 0 amide bonds. The fourth-order valence-corrected chi connectivity index (χ4v) is 2.21. The van der Waals surface area contributed by atoms with E-state index in [0.717, 1.165) is 18.9 Å². The van der Waals surface area contributed by atoms with Gasteiger partial charge in [-0.2, -0.15) is 0 Å². The standard InChI is InChI=1S/C20H27NO/c1-15(2)14-22-20-11-9-19(10-12-20)17(4)21-13-18-7-5-16(3)6-8-18/h5-12,15,17,21H,13-14H2,1-4H3. The largest absolute Gasteiger partial charge is 0.493 e. The van der Waals surface area contributed by atoms with Crippen LogP contribution in [0.4, 0.5) is 0 Å². The van der Waals surface area contributed by atoms with Crippen molar-refractivity contribution in [3.63, 3.8) is 0 Å². The van der Waals surface area contributed by atoms with Crippen molar-refractivity contribution in [2.45, 2.75) is 40.3 Å². The van der Waals surface area contributed by atoms with E-state index in [1.807, 2.05) is 0 Å². The first kappa shape index (κ1) is 16.6. The molecular weight excluding hydrogens is 270 g/mol. The second-order valence-electron chi connectivity index (χ2n) is 6.36. The highest BCUT2D eigenvalue weighted by atomic mass is 16.5. The van der Waals surface area contributed by atoms with E-state index >= 15 is 0 Å². The topological polar surface area (TPSA) is 21.3 Å². The van der Waals surface area contributed by atoms with Crippen LogP contribution in [0.25, 0.3) is 0 Å². The molecule has 0 saturated heterocycles. The van der Waals surface area contributed by atoms with Crippen LogP contribution in [0, 0.1) is 12.8 Å². The van der Waals surface area contributed by atoms with E-state index in [-0.39, 0.29) is 0 Å². The smallest absolute Gasteiger partial charge is 0.119 e. The molecular formula is C20H27NO. The molecule has 1 atom stereocenters. The first-order chi connectivity index (χ1) is 10.5. The molecule has 0 aliphatic rings. The molecule has 0 aliphatic heterocycles. The fraction of sp³-hybridized carbons (Fsp3) is 0.400. The fourth-order valence-electron chi connectivity index (χ4n) is 2.21. The van der Waals surface area contributed by atoms with Gasteiger partial charge in [0.05, 0.1) is 6.61 Å². The molecule has 118 valence electrons. The Labute approximate surface area is 134 Å². The first-order valence-electron chi connectivity index (χ1n) is 8.06. The van der Waals surface area contributed by atoms with Crippen molar-refractivity contribution in [1.82, 2.24) is 5.32 Å². The predicted molar refractivity (Wildman–Crippen MR) is 93.2 cm³/mol.